The lowest BCUT2D eigenvalue weighted by Crippen LogP contribution is -2.40. The molecule has 0 bridgehead atoms. The van der Waals surface area contributed by atoms with Crippen molar-refractivity contribution in [1.82, 2.24) is 0 Å². The largest absolute Gasteiger partial charge is 0.465 e. The maximum atomic E-state index is 11.6. The summed E-state index contributed by atoms with van der Waals surface area (Å²) in [5, 5.41) is 0. The summed E-state index contributed by atoms with van der Waals surface area (Å²) in [4.78, 5) is 15.8. The molecule has 0 spiro atoms. The first-order chi connectivity index (χ1) is 8.60. The van der Waals surface area contributed by atoms with E-state index in [9.17, 15) is 4.79 Å². The number of rotatable bonds is 4. The number of aliphatic imine (C=N–C) groups is 1. The third-order valence-corrected chi connectivity index (χ3v) is 3.84. The number of allylic oxidation sites excluding steroid dienone is 1. The maximum absolute atomic E-state index is 11.6. The summed E-state index contributed by atoms with van der Waals surface area (Å²) in [6, 6.07) is 0. The third kappa shape index (κ3) is 2.19. The number of carbonyl (C=O) groups excluding carboxylic acids is 1. The molecule has 0 aromatic carbocycles. The van der Waals surface area contributed by atoms with Gasteiger partial charge in [-0.3, -0.25) is 4.79 Å². The lowest BCUT2D eigenvalue weighted by Gasteiger charge is -2.27. The Bertz CT molecular complexity index is 447. The predicted molar refractivity (Wildman–Crippen MR) is 69.3 cm³/mol. The van der Waals surface area contributed by atoms with Crippen LogP contribution in [0.2, 0.25) is 0 Å². The summed E-state index contributed by atoms with van der Waals surface area (Å²) < 4.78 is 5.71. The van der Waals surface area contributed by atoms with Crippen LogP contribution in [0.4, 0.5) is 0 Å². The maximum Gasteiger partial charge on any atom is 0.309 e. The van der Waals surface area contributed by atoms with Crippen LogP contribution in [0.25, 0.3) is 0 Å². The normalized spacial score (nSPS) is 34.3. The second-order valence-corrected chi connectivity index (χ2v) is 5.12. The molecule has 2 heterocycles. The van der Waals surface area contributed by atoms with Crippen LogP contribution < -0.4 is 0 Å². The number of hydrogen-bond donors (Lipinski definition) is 0. The highest BCUT2D eigenvalue weighted by Gasteiger charge is 2.40. The zero-order chi connectivity index (χ0) is 13.2. The van der Waals surface area contributed by atoms with E-state index in [0.717, 1.165) is 18.5 Å². The van der Waals surface area contributed by atoms with E-state index in [1.165, 1.54) is 0 Å². The molecule has 1 saturated heterocycles. The Kier molecular flexibility index (Phi) is 3.53. The lowest BCUT2D eigenvalue weighted by atomic mass is 9.89. The van der Waals surface area contributed by atoms with Crippen molar-refractivity contribution in [2.75, 3.05) is 20.2 Å². The Morgan fingerprint density at radius 1 is 1.67 bits per heavy atom. The molecule has 1 fully saturated rings. The summed E-state index contributed by atoms with van der Waals surface area (Å²) >= 11 is 0. The number of nitrogens with zero attached hydrogens (tertiary/aromatic N) is 2. The lowest BCUT2D eigenvalue weighted by molar-refractivity contribution is -0.764. The Labute approximate surface area is 108 Å². The van der Waals surface area contributed by atoms with Gasteiger partial charge in [-0.15, -0.1) is 6.42 Å². The standard InChI is InChI=1S/C14H19N2O2/c1-4-6-16(3)10-15-8-12(16)7-11-9-18-14(17)13(11)5-2/h1,8,10-11,13H,5-7,9H2,2-3H3/q+1. The Balaban J connectivity index is 2.07. The van der Waals surface area contributed by atoms with Gasteiger partial charge in [0.1, 0.15) is 12.2 Å². The van der Waals surface area contributed by atoms with Gasteiger partial charge >= 0.3 is 5.97 Å². The summed E-state index contributed by atoms with van der Waals surface area (Å²) in [5.41, 5.74) is 1.16. The minimum atomic E-state index is -0.0619. The number of cyclic esters (lactones) is 1. The number of ether oxygens (including phenoxy) is 1. The second-order valence-electron chi connectivity index (χ2n) is 5.12. The molecular weight excluding hydrogens is 228 g/mol. The first-order valence-corrected chi connectivity index (χ1v) is 6.30. The van der Waals surface area contributed by atoms with E-state index in [1.54, 1.807) is 0 Å². The van der Waals surface area contributed by atoms with E-state index in [0.29, 0.717) is 17.6 Å². The van der Waals surface area contributed by atoms with Gasteiger partial charge in [-0.25, -0.2) is 9.48 Å². The summed E-state index contributed by atoms with van der Waals surface area (Å²) in [5.74, 6) is 2.89. The highest BCUT2D eigenvalue weighted by Crippen LogP contribution is 2.33. The molecule has 0 aromatic heterocycles. The minimum absolute atomic E-state index is 0.0192. The van der Waals surface area contributed by atoms with Gasteiger partial charge in [0.15, 0.2) is 6.34 Å². The molecule has 96 valence electrons. The quantitative estimate of drug-likeness (QED) is 0.429. The molecule has 0 radical (unpaired) electrons. The summed E-state index contributed by atoms with van der Waals surface area (Å²) in [6.07, 6.45) is 10.8. The number of terminal acetylenes is 1. The van der Waals surface area contributed by atoms with Crippen LogP contribution in [0.1, 0.15) is 19.8 Å². The molecule has 0 saturated carbocycles. The van der Waals surface area contributed by atoms with Gasteiger partial charge in [-0.2, -0.15) is 0 Å². The molecule has 0 N–H and O–H groups in total. The van der Waals surface area contributed by atoms with Crippen molar-refractivity contribution in [2.24, 2.45) is 16.8 Å². The van der Waals surface area contributed by atoms with E-state index >= 15 is 0 Å². The van der Waals surface area contributed by atoms with Crippen molar-refractivity contribution in [3.63, 3.8) is 0 Å². The van der Waals surface area contributed by atoms with E-state index in [-0.39, 0.29) is 17.8 Å². The van der Waals surface area contributed by atoms with Crippen molar-refractivity contribution < 1.29 is 14.0 Å². The van der Waals surface area contributed by atoms with Gasteiger partial charge in [-0.1, -0.05) is 6.92 Å². The van der Waals surface area contributed by atoms with Crippen molar-refractivity contribution in [3.8, 4) is 12.3 Å². The van der Waals surface area contributed by atoms with Crippen molar-refractivity contribution in [1.29, 1.82) is 0 Å². The van der Waals surface area contributed by atoms with Gasteiger partial charge in [-0.05, 0) is 12.3 Å². The van der Waals surface area contributed by atoms with Crippen molar-refractivity contribution in [2.45, 2.75) is 19.8 Å². The molecular formula is C14H19N2O2+. The Morgan fingerprint density at radius 3 is 3.11 bits per heavy atom. The fraction of sp³-hybridized carbons (Fsp3) is 0.571. The van der Waals surface area contributed by atoms with Gasteiger partial charge in [0.2, 0.25) is 0 Å². The second kappa shape index (κ2) is 4.95. The average molecular weight is 247 g/mol. The summed E-state index contributed by atoms with van der Waals surface area (Å²) in [7, 11) is 2.04. The molecule has 4 heteroatoms. The monoisotopic (exact) mass is 247 g/mol. The van der Waals surface area contributed by atoms with E-state index in [2.05, 4.69) is 10.9 Å². The van der Waals surface area contributed by atoms with E-state index in [4.69, 9.17) is 11.2 Å². The third-order valence-electron chi connectivity index (χ3n) is 3.84. The zero-order valence-corrected chi connectivity index (χ0v) is 10.9. The Hall–Kier alpha value is -1.60. The first-order valence-electron chi connectivity index (χ1n) is 6.30. The molecule has 2 rings (SSSR count). The molecule has 18 heavy (non-hydrogen) atoms. The Morgan fingerprint density at radius 2 is 2.44 bits per heavy atom. The molecule has 0 aliphatic carbocycles. The zero-order valence-electron chi connectivity index (χ0n) is 10.9. The molecule has 2 aliphatic heterocycles. The van der Waals surface area contributed by atoms with Crippen LogP contribution in [0.15, 0.2) is 16.9 Å². The van der Waals surface area contributed by atoms with E-state index < -0.39 is 0 Å². The highest BCUT2D eigenvalue weighted by atomic mass is 16.5. The highest BCUT2D eigenvalue weighted by molar-refractivity contribution is 5.74. The van der Waals surface area contributed by atoms with Crippen molar-refractivity contribution in [3.05, 3.63) is 11.9 Å². The smallest absolute Gasteiger partial charge is 0.309 e. The van der Waals surface area contributed by atoms with Crippen LogP contribution in [0.3, 0.4) is 0 Å². The summed E-state index contributed by atoms with van der Waals surface area (Å²) in [6.45, 7) is 3.14. The molecule has 4 nitrogen and oxygen atoms in total. The fourth-order valence-electron chi connectivity index (χ4n) is 2.64. The van der Waals surface area contributed by atoms with Crippen LogP contribution in [0, 0.1) is 24.2 Å². The van der Waals surface area contributed by atoms with Gasteiger partial charge in [0, 0.05) is 12.3 Å². The molecule has 0 amide bonds. The van der Waals surface area contributed by atoms with Crippen LogP contribution in [-0.2, 0) is 9.53 Å². The molecule has 3 unspecified atom stereocenters. The van der Waals surface area contributed by atoms with Crippen LogP contribution in [0.5, 0.6) is 0 Å². The number of esters is 1. The van der Waals surface area contributed by atoms with Crippen molar-refractivity contribution >= 4 is 12.3 Å². The van der Waals surface area contributed by atoms with E-state index in [1.807, 2.05) is 26.5 Å². The van der Waals surface area contributed by atoms with Crippen LogP contribution in [-0.4, -0.2) is 37.0 Å². The number of quaternary nitrogens is 1. The average Bonchev–Trinajstić information content (AvgIpc) is 2.85. The SMILES string of the molecule is C#CC[N+]1(C)C=NC=C1CC1COC(=O)C1CC. The molecule has 0 aromatic rings. The number of hydrogen-bond acceptors (Lipinski definition) is 3. The van der Waals surface area contributed by atoms with Crippen LogP contribution >= 0.6 is 0 Å². The molecule has 2 aliphatic rings. The fourth-order valence-corrected chi connectivity index (χ4v) is 2.64. The topological polar surface area (TPSA) is 38.7 Å². The minimum Gasteiger partial charge on any atom is -0.465 e. The number of carbonyl (C=O) groups is 1. The first kappa shape index (κ1) is 12.8. The van der Waals surface area contributed by atoms with Gasteiger partial charge < -0.3 is 4.74 Å². The van der Waals surface area contributed by atoms with Gasteiger partial charge in [0.25, 0.3) is 0 Å². The predicted octanol–water partition coefficient (Wildman–Crippen LogP) is 1.54. The van der Waals surface area contributed by atoms with Gasteiger partial charge in [0.05, 0.1) is 25.8 Å². The molecule has 3 atom stereocenters.